The monoisotopic (exact) mass is 362 g/mol. The van der Waals surface area contributed by atoms with Crippen LogP contribution in [0, 0.1) is 0 Å². The lowest BCUT2D eigenvalue weighted by Crippen LogP contribution is -2.49. The SMILES string of the molecule is CS(=O)(=O)N1CCN(C(=O)/C=C/c2ccc(Cl)c(Cl)c2)CC1. The summed E-state index contributed by atoms with van der Waals surface area (Å²) < 4.78 is 24.2. The van der Waals surface area contributed by atoms with Gasteiger partial charge in [-0.3, -0.25) is 4.79 Å². The van der Waals surface area contributed by atoms with Crippen LogP contribution in [0.3, 0.4) is 0 Å². The Kier molecular flexibility index (Phi) is 5.50. The van der Waals surface area contributed by atoms with Crippen LogP contribution in [-0.2, 0) is 14.8 Å². The van der Waals surface area contributed by atoms with Gasteiger partial charge < -0.3 is 4.90 Å². The van der Waals surface area contributed by atoms with E-state index in [-0.39, 0.29) is 5.91 Å². The Labute approximate surface area is 140 Å². The van der Waals surface area contributed by atoms with E-state index in [2.05, 4.69) is 0 Å². The third kappa shape index (κ3) is 4.46. The van der Waals surface area contributed by atoms with Crippen molar-refractivity contribution in [2.24, 2.45) is 0 Å². The second-order valence-corrected chi connectivity index (χ2v) is 7.79. The van der Waals surface area contributed by atoms with Crippen LogP contribution in [0.25, 0.3) is 6.08 Å². The molecule has 1 aliphatic rings. The highest BCUT2D eigenvalue weighted by atomic mass is 35.5. The molecule has 1 aromatic rings. The number of piperazine rings is 1. The van der Waals surface area contributed by atoms with Gasteiger partial charge in [0.1, 0.15) is 0 Å². The zero-order chi connectivity index (χ0) is 16.3. The third-order valence-corrected chi connectivity index (χ3v) is 5.42. The van der Waals surface area contributed by atoms with Crippen LogP contribution in [0.15, 0.2) is 24.3 Å². The topological polar surface area (TPSA) is 57.7 Å². The fourth-order valence-corrected chi connectivity index (χ4v) is 3.26. The van der Waals surface area contributed by atoms with Gasteiger partial charge in [-0.1, -0.05) is 29.3 Å². The lowest BCUT2D eigenvalue weighted by molar-refractivity contribution is -0.127. The van der Waals surface area contributed by atoms with Crippen LogP contribution in [0.4, 0.5) is 0 Å². The van der Waals surface area contributed by atoms with E-state index < -0.39 is 10.0 Å². The fraction of sp³-hybridized carbons (Fsp3) is 0.357. The molecule has 0 bridgehead atoms. The van der Waals surface area contributed by atoms with Crippen LogP contribution in [0.2, 0.25) is 10.0 Å². The molecule has 0 saturated carbocycles. The number of amides is 1. The number of carbonyl (C=O) groups excluding carboxylic acids is 1. The standard InChI is InChI=1S/C14H16Cl2N2O3S/c1-22(20,21)18-8-6-17(7-9-18)14(19)5-3-11-2-4-12(15)13(16)10-11/h2-5,10H,6-9H2,1H3/b5-3+. The van der Waals surface area contributed by atoms with Crippen LogP contribution in [0.1, 0.15) is 5.56 Å². The van der Waals surface area contributed by atoms with Crippen LogP contribution in [0.5, 0.6) is 0 Å². The first-order valence-corrected chi connectivity index (χ1v) is 9.25. The molecule has 2 rings (SSSR count). The molecule has 0 aromatic heterocycles. The Balaban J connectivity index is 1.96. The van der Waals surface area contributed by atoms with Crippen molar-refractivity contribution in [3.05, 3.63) is 39.9 Å². The largest absolute Gasteiger partial charge is 0.337 e. The van der Waals surface area contributed by atoms with Gasteiger partial charge in [0.2, 0.25) is 15.9 Å². The highest BCUT2D eigenvalue weighted by Crippen LogP contribution is 2.23. The van der Waals surface area contributed by atoms with Crippen molar-refractivity contribution in [3.8, 4) is 0 Å². The molecule has 1 heterocycles. The molecule has 1 aromatic carbocycles. The Morgan fingerprint density at radius 1 is 1.14 bits per heavy atom. The third-order valence-electron chi connectivity index (χ3n) is 3.38. The molecule has 0 unspecified atom stereocenters. The van der Waals surface area contributed by atoms with Gasteiger partial charge in [0.15, 0.2) is 0 Å². The molecule has 1 amide bonds. The number of sulfonamides is 1. The summed E-state index contributed by atoms with van der Waals surface area (Å²) in [6.07, 6.45) is 4.29. The van der Waals surface area contributed by atoms with Crippen molar-refractivity contribution < 1.29 is 13.2 Å². The van der Waals surface area contributed by atoms with Crippen molar-refractivity contribution in [2.45, 2.75) is 0 Å². The second kappa shape index (κ2) is 7.00. The number of carbonyl (C=O) groups is 1. The van der Waals surface area contributed by atoms with Crippen molar-refractivity contribution in [1.82, 2.24) is 9.21 Å². The van der Waals surface area contributed by atoms with Gasteiger partial charge in [0.25, 0.3) is 0 Å². The van der Waals surface area contributed by atoms with Crippen molar-refractivity contribution in [2.75, 3.05) is 32.4 Å². The molecule has 0 spiro atoms. The zero-order valence-electron chi connectivity index (χ0n) is 12.0. The molecule has 0 N–H and O–H groups in total. The average Bonchev–Trinajstić information content (AvgIpc) is 2.47. The number of rotatable bonds is 3. The van der Waals surface area contributed by atoms with Crippen LogP contribution in [-0.4, -0.2) is 56.0 Å². The maximum Gasteiger partial charge on any atom is 0.246 e. The Morgan fingerprint density at radius 3 is 2.32 bits per heavy atom. The minimum absolute atomic E-state index is 0.153. The zero-order valence-corrected chi connectivity index (χ0v) is 14.3. The molecule has 0 radical (unpaired) electrons. The van der Waals surface area contributed by atoms with Gasteiger partial charge in [-0.15, -0.1) is 0 Å². The number of hydrogen-bond donors (Lipinski definition) is 0. The summed E-state index contributed by atoms with van der Waals surface area (Å²) in [6.45, 7) is 1.42. The van der Waals surface area contributed by atoms with E-state index >= 15 is 0 Å². The van der Waals surface area contributed by atoms with Crippen molar-refractivity contribution >= 4 is 45.2 Å². The Bertz CT molecular complexity index is 696. The first-order valence-electron chi connectivity index (χ1n) is 6.64. The molecule has 1 fully saturated rings. The average molecular weight is 363 g/mol. The predicted octanol–water partition coefficient (Wildman–Crippen LogP) is 2.11. The summed E-state index contributed by atoms with van der Waals surface area (Å²) in [7, 11) is -3.19. The van der Waals surface area contributed by atoms with Gasteiger partial charge in [0, 0.05) is 32.3 Å². The molecule has 120 valence electrons. The summed E-state index contributed by atoms with van der Waals surface area (Å²) in [5.41, 5.74) is 0.775. The lowest BCUT2D eigenvalue weighted by atomic mass is 10.2. The van der Waals surface area contributed by atoms with Crippen molar-refractivity contribution in [3.63, 3.8) is 0 Å². The van der Waals surface area contributed by atoms with E-state index in [4.69, 9.17) is 23.2 Å². The number of benzene rings is 1. The van der Waals surface area contributed by atoms with Crippen molar-refractivity contribution in [1.29, 1.82) is 0 Å². The fourth-order valence-electron chi connectivity index (χ4n) is 2.13. The minimum atomic E-state index is -3.19. The molecule has 5 nitrogen and oxygen atoms in total. The molecule has 0 atom stereocenters. The molecule has 1 aliphatic heterocycles. The summed E-state index contributed by atoms with van der Waals surface area (Å²) >= 11 is 11.7. The van der Waals surface area contributed by atoms with E-state index in [9.17, 15) is 13.2 Å². The van der Waals surface area contributed by atoms with Crippen LogP contribution < -0.4 is 0 Å². The van der Waals surface area contributed by atoms with E-state index in [1.807, 2.05) is 0 Å². The first-order chi connectivity index (χ1) is 10.3. The van der Waals surface area contributed by atoms with Gasteiger partial charge in [0.05, 0.1) is 16.3 Å². The van der Waals surface area contributed by atoms with E-state index in [1.54, 1.807) is 29.2 Å². The summed E-state index contributed by atoms with van der Waals surface area (Å²) in [5, 5.41) is 0.889. The number of hydrogen-bond acceptors (Lipinski definition) is 3. The Hall–Kier alpha value is -1.08. The van der Waals surface area contributed by atoms with E-state index in [0.717, 1.165) is 5.56 Å². The maximum absolute atomic E-state index is 12.1. The molecule has 0 aliphatic carbocycles. The molecule has 1 saturated heterocycles. The van der Waals surface area contributed by atoms with E-state index in [1.165, 1.54) is 16.6 Å². The first kappa shape index (κ1) is 17.3. The number of halogens is 2. The van der Waals surface area contributed by atoms with Gasteiger partial charge >= 0.3 is 0 Å². The minimum Gasteiger partial charge on any atom is -0.337 e. The van der Waals surface area contributed by atoms with Gasteiger partial charge in [-0.2, -0.15) is 4.31 Å². The molecule has 22 heavy (non-hydrogen) atoms. The smallest absolute Gasteiger partial charge is 0.246 e. The predicted molar refractivity (Wildman–Crippen MR) is 88.5 cm³/mol. The van der Waals surface area contributed by atoms with E-state index in [0.29, 0.717) is 36.2 Å². The van der Waals surface area contributed by atoms with Crippen LogP contribution >= 0.6 is 23.2 Å². The molecule has 8 heteroatoms. The maximum atomic E-state index is 12.1. The van der Waals surface area contributed by atoms with Gasteiger partial charge in [-0.05, 0) is 23.8 Å². The van der Waals surface area contributed by atoms with Gasteiger partial charge in [-0.25, -0.2) is 8.42 Å². The summed E-state index contributed by atoms with van der Waals surface area (Å²) in [6, 6.07) is 5.10. The summed E-state index contributed by atoms with van der Waals surface area (Å²) in [4.78, 5) is 13.7. The Morgan fingerprint density at radius 2 is 1.77 bits per heavy atom. The summed E-state index contributed by atoms with van der Waals surface area (Å²) in [5.74, 6) is -0.153. The quantitative estimate of drug-likeness (QED) is 0.773. The molecular weight excluding hydrogens is 347 g/mol. The highest BCUT2D eigenvalue weighted by Gasteiger charge is 2.24. The number of nitrogens with zero attached hydrogens (tertiary/aromatic N) is 2. The normalized spacial score (nSPS) is 17.1. The highest BCUT2D eigenvalue weighted by molar-refractivity contribution is 7.88. The lowest BCUT2D eigenvalue weighted by Gasteiger charge is -2.32. The second-order valence-electron chi connectivity index (χ2n) is 4.99. The molecular formula is C14H16Cl2N2O3S.